The highest BCUT2D eigenvalue weighted by atomic mass is 32.2. The molecular formula is C23H29N3O6S. The first kappa shape index (κ1) is 24.7. The molecule has 1 aliphatic rings. The summed E-state index contributed by atoms with van der Waals surface area (Å²) in [6.07, 6.45) is 0.935. The number of esters is 1. The summed E-state index contributed by atoms with van der Waals surface area (Å²) in [6.45, 7) is 4.01. The predicted octanol–water partition coefficient (Wildman–Crippen LogP) is 1.55. The van der Waals surface area contributed by atoms with E-state index >= 15 is 0 Å². The van der Waals surface area contributed by atoms with E-state index < -0.39 is 22.6 Å². The van der Waals surface area contributed by atoms with Crippen molar-refractivity contribution in [2.24, 2.45) is 5.14 Å². The Labute approximate surface area is 194 Å². The third kappa shape index (κ3) is 6.53. The van der Waals surface area contributed by atoms with E-state index in [1.165, 1.54) is 28.7 Å². The first-order chi connectivity index (χ1) is 15.7. The number of nitrogens with two attached hydrogens (primary N) is 1. The van der Waals surface area contributed by atoms with Gasteiger partial charge in [0.1, 0.15) is 0 Å². The maximum atomic E-state index is 12.9. The van der Waals surface area contributed by atoms with E-state index in [1.54, 1.807) is 7.05 Å². The van der Waals surface area contributed by atoms with E-state index in [9.17, 15) is 18.0 Å². The molecule has 178 valence electrons. The standard InChI is InChI=1S/C23H29N3O6S/c1-3-17-4-6-18(7-5-17)15-25(2)22(27)16-32-23(28)20-14-19(33(24,29)30)8-9-21(20)26-10-12-31-13-11-26/h4-9,14H,3,10-13,15-16H2,1-2H3,(H2,24,29,30). The van der Waals surface area contributed by atoms with Crippen LogP contribution in [0.15, 0.2) is 47.4 Å². The van der Waals surface area contributed by atoms with Gasteiger partial charge < -0.3 is 19.3 Å². The molecule has 0 aliphatic carbocycles. The number of carbonyl (C=O) groups excluding carboxylic acids is 2. The lowest BCUT2D eigenvalue weighted by atomic mass is 10.1. The predicted molar refractivity (Wildman–Crippen MR) is 123 cm³/mol. The number of ether oxygens (including phenoxy) is 2. The zero-order valence-electron chi connectivity index (χ0n) is 18.8. The van der Waals surface area contributed by atoms with E-state index in [2.05, 4.69) is 6.92 Å². The fraction of sp³-hybridized carbons (Fsp3) is 0.391. The second-order valence-electron chi connectivity index (χ2n) is 7.82. The first-order valence-corrected chi connectivity index (χ1v) is 12.2. The van der Waals surface area contributed by atoms with E-state index in [0.717, 1.165) is 12.0 Å². The van der Waals surface area contributed by atoms with Crippen molar-refractivity contribution >= 4 is 27.6 Å². The highest BCUT2D eigenvalue weighted by molar-refractivity contribution is 7.89. The number of likely N-dealkylation sites (N-methyl/N-ethyl adjacent to an activating group) is 1. The first-order valence-electron chi connectivity index (χ1n) is 10.7. The molecule has 0 aromatic heterocycles. The van der Waals surface area contributed by atoms with Gasteiger partial charge in [0.15, 0.2) is 6.61 Å². The van der Waals surface area contributed by atoms with Crippen LogP contribution in [0.3, 0.4) is 0 Å². The van der Waals surface area contributed by atoms with Crippen LogP contribution in [0.5, 0.6) is 0 Å². The number of hydrogen-bond acceptors (Lipinski definition) is 7. The quantitative estimate of drug-likeness (QED) is 0.575. The monoisotopic (exact) mass is 475 g/mol. The fourth-order valence-corrected chi connectivity index (χ4v) is 4.03. The maximum absolute atomic E-state index is 12.9. The van der Waals surface area contributed by atoms with Crippen LogP contribution in [0.2, 0.25) is 0 Å². The number of morpholine rings is 1. The minimum Gasteiger partial charge on any atom is -0.452 e. The molecule has 0 spiro atoms. The lowest BCUT2D eigenvalue weighted by molar-refractivity contribution is -0.133. The maximum Gasteiger partial charge on any atom is 0.340 e. The van der Waals surface area contributed by atoms with Crippen LogP contribution in [-0.4, -0.2) is 65.2 Å². The Bertz CT molecular complexity index is 1100. The van der Waals surface area contributed by atoms with Crippen molar-refractivity contribution in [3.8, 4) is 0 Å². The van der Waals surface area contributed by atoms with Gasteiger partial charge in [-0.05, 0) is 35.7 Å². The third-order valence-corrected chi connectivity index (χ3v) is 6.38. The second-order valence-corrected chi connectivity index (χ2v) is 9.38. The summed E-state index contributed by atoms with van der Waals surface area (Å²) in [5.74, 6) is -1.17. The second kappa shape index (κ2) is 10.8. The SMILES string of the molecule is CCc1ccc(CN(C)C(=O)COC(=O)c2cc(S(N)(=O)=O)ccc2N2CCOCC2)cc1. The van der Waals surface area contributed by atoms with Gasteiger partial charge in [0.2, 0.25) is 10.0 Å². The molecule has 1 saturated heterocycles. The van der Waals surface area contributed by atoms with Gasteiger partial charge in [-0.25, -0.2) is 18.4 Å². The number of amides is 1. The summed E-state index contributed by atoms with van der Waals surface area (Å²) in [7, 11) is -2.39. The molecule has 9 nitrogen and oxygen atoms in total. The molecule has 3 rings (SSSR count). The minimum absolute atomic E-state index is 0.0361. The summed E-state index contributed by atoms with van der Waals surface area (Å²) in [5, 5.41) is 5.23. The molecule has 0 radical (unpaired) electrons. The molecule has 2 N–H and O–H groups in total. The Morgan fingerprint density at radius 2 is 1.73 bits per heavy atom. The number of rotatable bonds is 8. The van der Waals surface area contributed by atoms with Gasteiger partial charge in [0.05, 0.1) is 29.4 Å². The summed E-state index contributed by atoms with van der Waals surface area (Å²) in [6, 6.07) is 12.0. The van der Waals surface area contributed by atoms with Crippen LogP contribution < -0.4 is 10.0 Å². The molecule has 1 heterocycles. The van der Waals surface area contributed by atoms with Crippen LogP contribution in [0.1, 0.15) is 28.4 Å². The molecule has 0 bridgehead atoms. The van der Waals surface area contributed by atoms with Crippen LogP contribution in [0.4, 0.5) is 5.69 Å². The summed E-state index contributed by atoms with van der Waals surface area (Å²) in [4.78, 5) is 28.6. The Morgan fingerprint density at radius 1 is 1.09 bits per heavy atom. The number of benzene rings is 2. The van der Waals surface area contributed by atoms with E-state index in [0.29, 0.717) is 38.5 Å². The number of primary sulfonamides is 1. The van der Waals surface area contributed by atoms with Gasteiger partial charge in [-0.15, -0.1) is 0 Å². The molecular weight excluding hydrogens is 446 g/mol. The number of anilines is 1. The van der Waals surface area contributed by atoms with Crippen LogP contribution in [0, 0.1) is 0 Å². The number of hydrogen-bond donors (Lipinski definition) is 1. The van der Waals surface area contributed by atoms with Crippen LogP contribution in [-0.2, 0) is 37.3 Å². The largest absolute Gasteiger partial charge is 0.452 e. The van der Waals surface area contributed by atoms with Crippen molar-refractivity contribution in [2.45, 2.75) is 24.8 Å². The number of aryl methyl sites for hydroxylation is 1. The van der Waals surface area contributed by atoms with Gasteiger partial charge in [-0.2, -0.15) is 0 Å². The Kier molecular flexibility index (Phi) is 8.06. The van der Waals surface area contributed by atoms with Crippen molar-refractivity contribution in [1.29, 1.82) is 0 Å². The van der Waals surface area contributed by atoms with Crippen LogP contribution in [0.25, 0.3) is 0 Å². The third-order valence-electron chi connectivity index (χ3n) is 5.47. The lowest BCUT2D eigenvalue weighted by Gasteiger charge is -2.30. The van der Waals surface area contributed by atoms with E-state index in [1.807, 2.05) is 29.2 Å². The van der Waals surface area contributed by atoms with Crippen molar-refractivity contribution in [3.05, 3.63) is 59.2 Å². The Balaban J connectivity index is 1.70. The van der Waals surface area contributed by atoms with Gasteiger partial charge in [-0.1, -0.05) is 31.2 Å². The van der Waals surface area contributed by atoms with E-state index in [-0.39, 0.29) is 16.4 Å². The van der Waals surface area contributed by atoms with Gasteiger partial charge in [-0.3, -0.25) is 4.79 Å². The minimum atomic E-state index is -4.02. The number of sulfonamides is 1. The summed E-state index contributed by atoms with van der Waals surface area (Å²) >= 11 is 0. The zero-order valence-corrected chi connectivity index (χ0v) is 19.6. The number of nitrogens with zero attached hydrogens (tertiary/aromatic N) is 2. The fourth-order valence-electron chi connectivity index (χ4n) is 3.49. The Hall–Kier alpha value is -2.95. The normalized spacial score (nSPS) is 14.1. The average Bonchev–Trinajstić information content (AvgIpc) is 2.82. The Morgan fingerprint density at radius 3 is 2.33 bits per heavy atom. The summed E-state index contributed by atoms with van der Waals surface area (Å²) in [5.41, 5.74) is 2.71. The lowest BCUT2D eigenvalue weighted by Crippen LogP contribution is -2.37. The zero-order chi connectivity index (χ0) is 24.0. The van der Waals surface area contributed by atoms with Crippen molar-refractivity contribution in [1.82, 2.24) is 4.90 Å². The van der Waals surface area contributed by atoms with Gasteiger partial charge in [0, 0.05) is 26.7 Å². The molecule has 0 saturated carbocycles. The number of carbonyl (C=O) groups is 2. The van der Waals surface area contributed by atoms with Gasteiger partial charge >= 0.3 is 5.97 Å². The van der Waals surface area contributed by atoms with Crippen molar-refractivity contribution < 1.29 is 27.5 Å². The van der Waals surface area contributed by atoms with Crippen LogP contribution >= 0.6 is 0 Å². The van der Waals surface area contributed by atoms with Crippen molar-refractivity contribution in [2.75, 3.05) is 44.9 Å². The van der Waals surface area contributed by atoms with Crippen molar-refractivity contribution in [3.63, 3.8) is 0 Å². The molecule has 0 unspecified atom stereocenters. The molecule has 2 aromatic rings. The molecule has 2 aromatic carbocycles. The topological polar surface area (TPSA) is 119 Å². The smallest absolute Gasteiger partial charge is 0.340 e. The van der Waals surface area contributed by atoms with E-state index in [4.69, 9.17) is 14.6 Å². The molecule has 0 atom stereocenters. The molecule has 33 heavy (non-hydrogen) atoms. The summed E-state index contributed by atoms with van der Waals surface area (Å²) < 4.78 is 34.2. The van der Waals surface area contributed by atoms with Gasteiger partial charge in [0.25, 0.3) is 5.91 Å². The highest BCUT2D eigenvalue weighted by Gasteiger charge is 2.23. The molecule has 1 fully saturated rings. The highest BCUT2D eigenvalue weighted by Crippen LogP contribution is 2.25. The molecule has 10 heteroatoms. The molecule has 1 amide bonds. The molecule has 1 aliphatic heterocycles. The average molecular weight is 476 g/mol.